The number of aliphatic hydroxyl groups excluding tert-OH is 1. The number of likely N-dealkylation sites (N-methyl/N-ethyl adjacent to an activating group) is 1. The molecule has 4 heteroatoms. The van der Waals surface area contributed by atoms with Crippen LogP contribution in [0.25, 0.3) is 0 Å². The number of anilines is 1. The lowest BCUT2D eigenvalue weighted by atomic mass is 10.1. The van der Waals surface area contributed by atoms with E-state index in [1.54, 1.807) is 11.9 Å². The minimum atomic E-state index is -0.381. The number of carbonyl (C=O) groups is 1. The monoisotopic (exact) mass is 290 g/mol. The molecule has 1 aromatic rings. The zero-order chi connectivity index (χ0) is 15.4. The van der Waals surface area contributed by atoms with Crippen LogP contribution in [-0.2, 0) is 0 Å². The largest absolute Gasteiger partial charge is 0.391 e. The SMILES string of the molecule is CCN(CC)c1ccc(C(=O)N(C)CC(O)C2CC2)cc1. The molecule has 1 saturated carbocycles. The Morgan fingerprint density at radius 1 is 1.24 bits per heavy atom. The van der Waals surface area contributed by atoms with Crippen molar-refractivity contribution in [3.05, 3.63) is 29.8 Å². The highest BCUT2D eigenvalue weighted by Gasteiger charge is 2.31. The molecule has 1 atom stereocenters. The predicted octanol–water partition coefficient (Wildman–Crippen LogP) is 2.38. The standard InChI is InChI=1S/C17H26N2O2/c1-4-19(5-2)15-10-8-14(9-11-15)17(21)18(3)12-16(20)13-6-7-13/h8-11,13,16,20H,4-7,12H2,1-3H3. The Labute approximate surface area is 127 Å². The Morgan fingerprint density at radius 2 is 1.81 bits per heavy atom. The van der Waals surface area contributed by atoms with Crippen molar-refractivity contribution in [2.45, 2.75) is 32.8 Å². The summed E-state index contributed by atoms with van der Waals surface area (Å²) in [6.45, 7) is 6.57. The van der Waals surface area contributed by atoms with Gasteiger partial charge in [-0.1, -0.05) is 0 Å². The van der Waals surface area contributed by atoms with E-state index in [-0.39, 0.29) is 12.0 Å². The summed E-state index contributed by atoms with van der Waals surface area (Å²) in [7, 11) is 1.76. The molecule has 1 aliphatic carbocycles. The van der Waals surface area contributed by atoms with Crippen LogP contribution in [0.4, 0.5) is 5.69 Å². The molecule has 4 nitrogen and oxygen atoms in total. The molecule has 2 rings (SSSR count). The van der Waals surface area contributed by atoms with Gasteiger partial charge in [-0.2, -0.15) is 0 Å². The first-order chi connectivity index (χ1) is 10.1. The van der Waals surface area contributed by atoms with Crippen molar-refractivity contribution in [2.24, 2.45) is 5.92 Å². The van der Waals surface area contributed by atoms with E-state index in [2.05, 4.69) is 18.7 Å². The number of rotatable bonds is 7. The smallest absolute Gasteiger partial charge is 0.253 e. The summed E-state index contributed by atoms with van der Waals surface area (Å²) in [6.07, 6.45) is 1.79. The summed E-state index contributed by atoms with van der Waals surface area (Å²) in [5.74, 6) is 0.367. The summed E-state index contributed by atoms with van der Waals surface area (Å²) in [6, 6.07) is 7.72. The minimum absolute atomic E-state index is 0.0270. The van der Waals surface area contributed by atoms with E-state index in [1.165, 1.54) is 0 Å². The van der Waals surface area contributed by atoms with Crippen molar-refractivity contribution in [2.75, 3.05) is 31.6 Å². The van der Waals surface area contributed by atoms with Gasteiger partial charge in [0.2, 0.25) is 0 Å². The second-order valence-corrected chi connectivity index (χ2v) is 5.81. The Kier molecular flexibility index (Phi) is 5.23. The average molecular weight is 290 g/mol. The minimum Gasteiger partial charge on any atom is -0.391 e. The maximum absolute atomic E-state index is 12.3. The van der Waals surface area contributed by atoms with E-state index in [1.807, 2.05) is 24.3 Å². The molecule has 0 bridgehead atoms. The second-order valence-electron chi connectivity index (χ2n) is 5.81. The average Bonchev–Trinajstić information content (AvgIpc) is 3.33. The maximum Gasteiger partial charge on any atom is 0.253 e. The van der Waals surface area contributed by atoms with E-state index in [0.29, 0.717) is 18.0 Å². The van der Waals surface area contributed by atoms with E-state index < -0.39 is 0 Å². The summed E-state index contributed by atoms with van der Waals surface area (Å²) in [4.78, 5) is 16.2. The van der Waals surface area contributed by atoms with Gasteiger partial charge in [0.1, 0.15) is 0 Å². The topological polar surface area (TPSA) is 43.8 Å². The van der Waals surface area contributed by atoms with Crippen molar-refractivity contribution in [3.8, 4) is 0 Å². The Balaban J connectivity index is 1.98. The Bertz CT molecular complexity index is 464. The highest BCUT2D eigenvalue weighted by molar-refractivity contribution is 5.94. The molecule has 1 unspecified atom stereocenters. The number of carbonyl (C=O) groups excluding carboxylic acids is 1. The zero-order valence-electron chi connectivity index (χ0n) is 13.2. The number of aliphatic hydroxyl groups is 1. The molecule has 0 radical (unpaired) electrons. The van der Waals surface area contributed by atoms with Gasteiger partial charge in [-0.25, -0.2) is 0 Å². The number of amides is 1. The quantitative estimate of drug-likeness (QED) is 0.838. The van der Waals surface area contributed by atoms with E-state index in [9.17, 15) is 9.90 Å². The first-order valence-corrected chi connectivity index (χ1v) is 7.85. The molecule has 1 aliphatic rings. The van der Waals surface area contributed by atoms with Crippen LogP contribution < -0.4 is 4.90 Å². The van der Waals surface area contributed by atoms with E-state index in [0.717, 1.165) is 31.6 Å². The van der Waals surface area contributed by atoms with Gasteiger partial charge < -0.3 is 14.9 Å². The molecule has 116 valence electrons. The lowest BCUT2D eigenvalue weighted by molar-refractivity contribution is 0.0645. The van der Waals surface area contributed by atoms with Gasteiger partial charge in [0, 0.05) is 37.9 Å². The van der Waals surface area contributed by atoms with Crippen LogP contribution in [0.1, 0.15) is 37.0 Å². The molecular weight excluding hydrogens is 264 g/mol. The first-order valence-electron chi connectivity index (χ1n) is 7.85. The zero-order valence-corrected chi connectivity index (χ0v) is 13.2. The van der Waals surface area contributed by atoms with Gasteiger partial charge in [0.05, 0.1) is 6.10 Å². The number of hydrogen-bond donors (Lipinski definition) is 1. The van der Waals surface area contributed by atoms with E-state index in [4.69, 9.17) is 0 Å². The second kappa shape index (κ2) is 6.94. The third-order valence-electron chi connectivity index (χ3n) is 4.22. The molecule has 1 fully saturated rings. The highest BCUT2D eigenvalue weighted by atomic mass is 16.3. The molecule has 1 aromatic carbocycles. The van der Waals surface area contributed by atoms with Gasteiger partial charge in [0.15, 0.2) is 0 Å². The number of nitrogens with zero attached hydrogens (tertiary/aromatic N) is 2. The highest BCUT2D eigenvalue weighted by Crippen LogP contribution is 2.32. The van der Waals surface area contributed by atoms with Crippen LogP contribution in [0, 0.1) is 5.92 Å². The van der Waals surface area contributed by atoms with Crippen LogP contribution in [0.3, 0.4) is 0 Å². The first kappa shape index (κ1) is 15.8. The van der Waals surface area contributed by atoms with Crippen LogP contribution in [0.15, 0.2) is 24.3 Å². The summed E-state index contributed by atoms with van der Waals surface area (Å²) < 4.78 is 0. The van der Waals surface area contributed by atoms with E-state index >= 15 is 0 Å². The van der Waals surface area contributed by atoms with Crippen molar-refractivity contribution in [1.82, 2.24) is 4.90 Å². The van der Waals surface area contributed by atoms with Crippen molar-refractivity contribution >= 4 is 11.6 Å². The fourth-order valence-corrected chi connectivity index (χ4v) is 2.62. The van der Waals surface area contributed by atoms with Crippen LogP contribution >= 0.6 is 0 Å². The maximum atomic E-state index is 12.3. The molecule has 0 aliphatic heterocycles. The third-order valence-corrected chi connectivity index (χ3v) is 4.22. The molecule has 1 N–H and O–H groups in total. The van der Waals surface area contributed by atoms with Crippen LogP contribution in [-0.4, -0.2) is 48.7 Å². The van der Waals surface area contributed by atoms with Gasteiger partial charge in [0.25, 0.3) is 5.91 Å². The third kappa shape index (κ3) is 3.97. The Hall–Kier alpha value is -1.55. The molecular formula is C17H26N2O2. The van der Waals surface area contributed by atoms with Gasteiger partial charge in [-0.3, -0.25) is 4.79 Å². The lowest BCUT2D eigenvalue weighted by Gasteiger charge is -2.23. The fraction of sp³-hybridized carbons (Fsp3) is 0.588. The number of hydrogen-bond acceptors (Lipinski definition) is 3. The van der Waals surface area contributed by atoms with Gasteiger partial charge >= 0.3 is 0 Å². The molecule has 0 heterocycles. The molecule has 0 spiro atoms. The number of benzene rings is 1. The Morgan fingerprint density at radius 3 is 2.29 bits per heavy atom. The molecule has 0 aromatic heterocycles. The molecule has 0 saturated heterocycles. The molecule has 21 heavy (non-hydrogen) atoms. The predicted molar refractivity (Wildman–Crippen MR) is 85.7 cm³/mol. The van der Waals surface area contributed by atoms with Gasteiger partial charge in [-0.15, -0.1) is 0 Å². The van der Waals surface area contributed by atoms with Crippen LogP contribution in [0.2, 0.25) is 0 Å². The van der Waals surface area contributed by atoms with Crippen molar-refractivity contribution in [3.63, 3.8) is 0 Å². The summed E-state index contributed by atoms with van der Waals surface area (Å²) in [5, 5.41) is 9.94. The fourth-order valence-electron chi connectivity index (χ4n) is 2.62. The normalized spacial score (nSPS) is 15.6. The van der Waals surface area contributed by atoms with Crippen molar-refractivity contribution < 1.29 is 9.90 Å². The summed E-state index contributed by atoms with van der Waals surface area (Å²) in [5.41, 5.74) is 1.81. The van der Waals surface area contributed by atoms with Crippen molar-refractivity contribution in [1.29, 1.82) is 0 Å². The molecule has 1 amide bonds. The summed E-state index contributed by atoms with van der Waals surface area (Å²) >= 11 is 0. The van der Waals surface area contributed by atoms with Gasteiger partial charge in [-0.05, 0) is 56.9 Å². The van der Waals surface area contributed by atoms with Crippen LogP contribution in [0.5, 0.6) is 0 Å². The lowest BCUT2D eigenvalue weighted by Crippen LogP contribution is -2.35.